The van der Waals surface area contributed by atoms with Gasteiger partial charge in [-0.25, -0.2) is 4.79 Å². The summed E-state index contributed by atoms with van der Waals surface area (Å²) < 4.78 is 0. The molecule has 0 radical (unpaired) electrons. The number of carboxylic acid groups (broad SMARTS) is 1. The first kappa shape index (κ1) is 13.0. The lowest BCUT2D eigenvalue weighted by molar-refractivity contribution is -0.155. The van der Waals surface area contributed by atoms with Crippen molar-refractivity contribution in [2.45, 2.75) is 19.3 Å². The maximum absolute atomic E-state index is 11.1. The number of nitrogens with zero attached hydrogens (tertiary/aromatic N) is 2. The zero-order valence-electron chi connectivity index (χ0n) is 9.98. The van der Waals surface area contributed by atoms with Gasteiger partial charge in [0.15, 0.2) is 0 Å². The molecule has 1 amide bonds. The van der Waals surface area contributed by atoms with Crippen LogP contribution in [0.15, 0.2) is 0 Å². The van der Waals surface area contributed by atoms with Crippen molar-refractivity contribution in [2.24, 2.45) is 5.92 Å². The molecule has 92 valence electrons. The van der Waals surface area contributed by atoms with Crippen LogP contribution in [0, 0.1) is 5.92 Å². The van der Waals surface area contributed by atoms with Gasteiger partial charge in [-0.15, -0.1) is 0 Å². The van der Waals surface area contributed by atoms with Gasteiger partial charge in [0, 0.05) is 20.1 Å². The Balaban J connectivity index is 2.28. The minimum Gasteiger partial charge on any atom is -0.474 e. The molecule has 0 aromatic carbocycles. The van der Waals surface area contributed by atoms with Gasteiger partial charge in [0.1, 0.15) is 0 Å². The van der Waals surface area contributed by atoms with Crippen molar-refractivity contribution in [3.05, 3.63) is 0 Å². The summed E-state index contributed by atoms with van der Waals surface area (Å²) >= 11 is 0. The first-order chi connectivity index (χ1) is 7.50. The van der Waals surface area contributed by atoms with E-state index in [1.807, 2.05) is 0 Å². The van der Waals surface area contributed by atoms with Gasteiger partial charge in [0.05, 0.1) is 0 Å². The van der Waals surface area contributed by atoms with Gasteiger partial charge in [0.25, 0.3) is 0 Å². The van der Waals surface area contributed by atoms with Crippen LogP contribution >= 0.6 is 0 Å². The summed E-state index contributed by atoms with van der Waals surface area (Å²) in [5.41, 5.74) is 0. The summed E-state index contributed by atoms with van der Waals surface area (Å²) in [6, 6.07) is 0. The number of likely N-dealkylation sites (tertiary alicyclic amines) is 1. The Kier molecular flexibility index (Phi) is 4.73. The van der Waals surface area contributed by atoms with Gasteiger partial charge in [0.2, 0.25) is 0 Å². The number of carboxylic acids is 1. The van der Waals surface area contributed by atoms with E-state index in [2.05, 4.69) is 11.9 Å². The Bertz CT molecular complexity index is 268. The van der Waals surface area contributed by atoms with Gasteiger partial charge in [-0.2, -0.15) is 0 Å². The van der Waals surface area contributed by atoms with Crippen molar-refractivity contribution in [3.8, 4) is 0 Å². The van der Waals surface area contributed by atoms with Crippen LogP contribution < -0.4 is 0 Å². The van der Waals surface area contributed by atoms with Gasteiger partial charge in [-0.1, -0.05) is 0 Å². The van der Waals surface area contributed by atoms with Crippen molar-refractivity contribution in [2.75, 3.05) is 33.7 Å². The average Bonchev–Trinajstić information content (AvgIpc) is 2.24. The largest absolute Gasteiger partial charge is 0.474 e. The molecule has 1 heterocycles. The Morgan fingerprint density at radius 2 is 2.19 bits per heavy atom. The second kappa shape index (κ2) is 5.84. The maximum atomic E-state index is 11.1. The van der Waals surface area contributed by atoms with Crippen LogP contribution in [0.5, 0.6) is 0 Å². The Morgan fingerprint density at radius 3 is 2.75 bits per heavy atom. The Labute approximate surface area is 96.0 Å². The predicted octanol–water partition coefficient (Wildman–Crippen LogP) is 0.261. The second-order valence-electron chi connectivity index (χ2n) is 4.59. The van der Waals surface area contributed by atoms with E-state index in [0.29, 0.717) is 12.5 Å². The topological polar surface area (TPSA) is 60.9 Å². The fourth-order valence-electron chi connectivity index (χ4n) is 2.15. The summed E-state index contributed by atoms with van der Waals surface area (Å²) in [6.45, 7) is 2.72. The smallest absolute Gasteiger partial charge is 0.394 e. The number of carbonyl (C=O) groups excluding carboxylic acids is 1. The normalized spacial score (nSPS) is 21.8. The molecular weight excluding hydrogens is 208 g/mol. The Morgan fingerprint density at radius 1 is 1.50 bits per heavy atom. The Hall–Kier alpha value is -1.10. The molecule has 1 saturated heterocycles. The summed E-state index contributed by atoms with van der Waals surface area (Å²) in [4.78, 5) is 25.1. The molecule has 1 unspecified atom stereocenters. The summed E-state index contributed by atoms with van der Waals surface area (Å²) in [6.07, 6.45) is 3.26. The maximum Gasteiger partial charge on any atom is 0.394 e. The highest BCUT2D eigenvalue weighted by Gasteiger charge is 2.20. The lowest BCUT2D eigenvalue weighted by atomic mass is 9.95. The molecule has 0 saturated carbocycles. The number of carbonyl (C=O) groups is 2. The SMILES string of the molecule is CN1CCCC(CCN(C)C(=O)C(=O)O)C1. The summed E-state index contributed by atoms with van der Waals surface area (Å²) in [7, 11) is 3.64. The monoisotopic (exact) mass is 228 g/mol. The van der Waals surface area contributed by atoms with Gasteiger partial charge >= 0.3 is 11.9 Å². The standard InChI is InChI=1S/C11H20N2O3/c1-12-6-3-4-9(8-12)5-7-13(2)10(14)11(15)16/h9H,3-8H2,1-2H3,(H,15,16). The number of rotatable bonds is 3. The lowest BCUT2D eigenvalue weighted by Crippen LogP contribution is -2.37. The van der Waals surface area contributed by atoms with Crippen LogP contribution in [0.4, 0.5) is 0 Å². The second-order valence-corrected chi connectivity index (χ2v) is 4.59. The molecule has 1 fully saturated rings. The van der Waals surface area contributed by atoms with E-state index < -0.39 is 11.9 Å². The molecule has 5 nitrogen and oxygen atoms in total. The third-order valence-corrected chi connectivity index (χ3v) is 3.12. The van der Waals surface area contributed by atoms with Crippen LogP contribution in [0.1, 0.15) is 19.3 Å². The van der Waals surface area contributed by atoms with Crippen molar-refractivity contribution in [1.29, 1.82) is 0 Å². The molecule has 1 aliphatic heterocycles. The van der Waals surface area contributed by atoms with E-state index >= 15 is 0 Å². The van der Waals surface area contributed by atoms with Crippen molar-refractivity contribution in [3.63, 3.8) is 0 Å². The highest BCUT2D eigenvalue weighted by atomic mass is 16.4. The molecule has 1 atom stereocenters. The van der Waals surface area contributed by atoms with E-state index in [1.54, 1.807) is 7.05 Å². The van der Waals surface area contributed by atoms with Crippen molar-refractivity contribution in [1.82, 2.24) is 9.80 Å². The van der Waals surface area contributed by atoms with Crippen LogP contribution in [0.25, 0.3) is 0 Å². The predicted molar refractivity (Wildman–Crippen MR) is 60.1 cm³/mol. The van der Waals surface area contributed by atoms with E-state index in [0.717, 1.165) is 19.5 Å². The zero-order chi connectivity index (χ0) is 12.1. The zero-order valence-corrected chi connectivity index (χ0v) is 9.98. The van der Waals surface area contributed by atoms with Crippen molar-refractivity contribution < 1.29 is 14.7 Å². The molecule has 1 rings (SSSR count). The quantitative estimate of drug-likeness (QED) is 0.704. The fourth-order valence-corrected chi connectivity index (χ4v) is 2.15. The highest BCUT2D eigenvalue weighted by Crippen LogP contribution is 2.18. The molecular formula is C11H20N2O3. The number of hydrogen-bond donors (Lipinski definition) is 1. The van der Waals surface area contributed by atoms with Gasteiger partial charge in [-0.05, 0) is 38.8 Å². The third kappa shape index (κ3) is 3.81. The minimum atomic E-state index is -1.37. The number of piperidine rings is 1. The van der Waals surface area contributed by atoms with E-state index in [9.17, 15) is 9.59 Å². The average molecular weight is 228 g/mol. The van der Waals surface area contributed by atoms with E-state index in [4.69, 9.17) is 5.11 Å². The molecule has 5 heteroatoms. The van der Waals surface area contributed by atoms with Gasteiger partial charge < -0.3 is 14.9 Å². The lowest BCUT2D eigenvalue weighted by Gasteiger charge is -2.30. The van der Waals surface area contributed by atoms with E-state index in [-0.39, 0.29) is 0 Å². The fraction of sp³-hybridized carbons (Fsp3) is 0.818. The first-order valence-corrected chi connectivity index (χ1v) is 5.67. The highest BCUT2D eigenvalue weighted by molar-refractivity contribution is 6.31. The molecule has 16 heavy (non-hydrogen) atoms. The van der Waals surface area contributed by atoms with Crippen LogP contribution in [-0.2, 0) is 9.59 Å². The van der Waals surface area contributed by atoms with Gasteiger partial charge in [-0.3, -0.25) is 4.79 Å². The first-order valence-electron chi connectivity index (χ1n) is 5.67. The molecule has 0 aliphatic carbocycles. The van der Waals surface area contributed by atoms with Crippen LogP contribution in [0.3, 0.4) is 0 Å². The summed E-state index contributed by atoms with van der Waals surface area (Å²) in [5.74, 6) is -1.60. The third-order valence-electron chi connectivity index (χ3n) is 3.12. The van der Waals surface area contributed by atoms with Crippen LogP contribution in [0.2, 0.25) is 0 Å². The molecule has 0 bridgehead atoms. The number of likely N-dealkylation sites (N-methyl/N-ethyl adjacent to an activating group) is 1. The molecule has 1 N–H and O–H groups in total. The van der Waals surface area contributed by atoms with Crippen molar-refractivity contribution >= 4 is 11.9 Å². The molecule has 0 aromatic rings. The number of amides is 1. The van der Waals surface area contributed by atoms with E-state index in [1.165, 1.54) is 17.7 Å². The number of hydrogen-bond acceptors (Lipinski definition) is 3. The molecule has 0 spiro atoms. The minimum absolute atomic E-state index is 0.531. The molecule has 1 aliphatic rings. The van der Waals surface area contributed by atoms with Crippen LogP contribution in [-0.4, -0.2) is 60.5 Å². The molecule has 0 aromatic heterocycles. The number of aliphatic carboxylic acids is 1. The summed E-state index contributed by atoms with van der Waals surface area (Å²) in [5, 5.41) is 8.53.